The van der Waals surface area contributed by atoms with Crippen LogP contribution in [-0.4, -0.2) is 30.9 Å². The molecule has 3 rings (SSSR count). The number of allylic oxidation sites excluding steroid dienone is 1. The van der Waals surface area contributed by atoms with Gasteiger partial charge in [-0.15, -0.1) is 0 Å². The molecule has 0 unspecified atom stereocenters. The van der Waals surface area contributed by atoms with Gasteiger partial charge in [-0.1, -0.05) is 66.7 Å². The van der Waals surface area contributed by atoms with Crippen molar-refractivity contribution in [3.8, 4) is 6.07 Å². The van der Waals surface area contributed by atoms with Crippen molar-refractivity contribution in [3.63, 3.8) is 0 Å². The monoisotopic (exact) mass is 374 g/mol. The standard InChI is InChI=1S/C23H22N2O3/c1-25(2)22(27)23(16-24)14-13-19(15-23)21(26)28-20(17-9-5-3-6-10-17)18-11-7-4-8-12-18/h3-13,20H,14-15H2,1-2H3/t23-/m0/s1. The summed E-state index contributed by atoms with van der Waals surface area (Å²) in [6.07, 6.45) is 1.37. The molecule has 0 heterocycles. The highest BCUT2D eigenvalue weighted by molar-refractivity contribution is 5.94. The van der Waals surface area contributed by atoms with E-state index in [1.807, 2.05) is 60.7 Å². The molecular weight excluding hydrogens is 352 g/mol. The predicted octanol–water partition coefficient (Wildman–Crippen LogP) is 3.64. The van der Waals surface area contributed by atoms with Crippen molar-refractivity contribution in [1.82, 2.24) is 4.90 Å². The van der Waals surface area contributed by atoms with Crippen LogP contribution in [0, 0.1) is 16.7 Å². The van der Waals surface area contributed by atoms with Crippen molar-refractivity contribution in [3.05, 3.63) is 83.4 Å². The number of carbonyl (C=O) groups excluding carboxylic acids is 2. The summed E-state index contributed by atoms with van der Waals surface area (Å²) < 4.78 is 5.84. The molecule has 0 N–H and O–H groups in total. The molecule has 0 aliphatic heterocycles. The highest BCUT2D eigenvalue weighted by Gasteiger charge is 2.45. The molecule has 0 spiro atoms. The molecule has 0 fully saturated rings. The maximum atomic E-state index is 12.9. The van der Waals surface area contributed by atoms with E-state index in [4.69, 9.17) is 4.74 Å². The number of carbonyl (C=O) groups is 2. The molecule has 28 heavy (non-hydrogen) atoms. The molecule has 2 aromatic carbocycles. The second kappa shape index (κ2) is 8.10. The summed E-state index contributed by atoms with van der Waals surface area (Å²) in [6.45, 7) is 0. The Balaban J connectivity index is 1.82. The lowest BCUT2D eigenvalue weighted by Gasteiger charge is -2.24. The zero-order valence-corrected chi connectivity index (χ0v) is 16.0. The van der Waals surface area contributed by atoms with Crippen molar-refractivity contribution in [1.29, 1.82) is 5.26 Å². The minimum Gasteiger partial charge on any atom is -0.449 e. The van der Waals surface area contributed by atoms with Gasteiger partial charge in [0.2, 0.25) is 5.91 Å². The second-order valence-corrected chi connectivity index (χ2v) is 7.11. The molecular formula is C23H22N2O3. The zero-order valence-electron chi connectivity index (χ0n) is 16.0. The number of hydrogen-bond donors (Lipinski definition) is 0. The van der Waals surface area contributed by atoms with E-state index in [0.29, 0.717) is 5.57 Å². The fourth-order valence-corrected chi connectivity index (χ4v) is 3.41. The summed E-state index contributed by atoms with van der Waals surface area (Å²) in [5, 5.41) is 9.59. The first-order valence-electron chi connectivity index (χ1n) is 9.10. The molecule has 0 radical (unpaired) electrons. The third kappa shape index (κ3) is 3.81. The van der Waals surface area contributed by atoms with Gasteiger partial charge in [0.1, 0.15) is 5.41 Å². The molecule has 0 saturated carbocycles. The molecule has 5 nitrogen and oxygen atoms in total. The van der Waals surface area contributed by atoms with Gasteiger partial charge in [-0.05, 0) is 17.5 Å². The summed E-state index contributed by atoms with van der Waals surface area (Å²) in [7, 11) is 3.22. The summed E-state index contributed by atoms with van der Waals surface area (Å²) in [5.74, 6) is -0.793. The quantitative estimate of drug-likeness (QED) is 0.749. The first-order chi connectivity index (χ1) is 13.5. The van der Waals surface area contributed by atoms with Crippen molar-refractivity contribution in [2.45, 2.75) is 18.9 Å². The van der Waals surface area contributed by atoms with Gasteiger partial charge < -0.3 is 9.64 Å². The maximum Gasteiger partial charge on any atom is 0.334 e. The largest absolute Gasteiger partial charge is 0.449 e. The van der Waals surface area contributed by atoms with Gasteiger partial charge in [-0.2, -0.15) is 5.26 Å². The Kier molecular flexibility index (Phi) is 5.60. The summed E-state index contributed by atoms with van der Waals surface area (Å²) >= 11 is 0. The summed E-state index contributed by atoms with van der Waals surface area (Å²) in [5.41, 5.74) is 0.856. The minimum atomic E-state index is -1.23. The average Bonchev–Trinajstić information content (AvgIpc) is 3.18. The van der Waals surface area contributed by atoms with E-state index in [9.17, 15) is 14.9 Å². The normalized spacial score (nSPS) is 18.3. The van der Waals surface area contributed by atoms with Crippen LogP contribution in [0.2, 0.25) is 0 Å². The number of ether oxygens (including phenoxy) is 1. The number of nitriles is 1. The van der Waals surface area contributed by atoms with E-state index < -0.39 is 17.5 Å². The van der Waals surface area contributed by atoms with E-state index >= 15 is 0 Å². The van der Waals surface area contributed by atoms with Crippen LogP contribution in [0.25, 0.3) is 0 Å². The first kappa shape index (κ1) is 19.4. The Hall–Kier alpha value is -3.39. The summed E-state index contributed by atoms with van der Waals surface area (Å²) in [4.78, 5) is 26.7. The first-order valence-corrected chi connectivity index (χ1v) is 9.10. The molecule has 2 aromatic rings. The molecule has 1 amide bonds. The van der Waals surface area contributed by atoms with E-state index in [1.54, 1.807) is 20.2 Å². The lowest BCUT2D eigenvalue weighted by Crippen LogP contribution is -2.38. The van der Waals surface area contributed by atoms with Crippen molar-refractivity contribution < 1.29 is 14.3 Å². The van der Waals surface area contributed by atoms with Crippen LogP contribution in [0.1, 0.15) is 30.1 Å². The maximum absolute atomic E-state index is 12.9. The fraction of sp³-hybridized carbons (Fsp3) is 0.261. The molecule has 0 saturated heterocycles. The molecule has 0 bridgehead atoms. The molecule has 0 aromatic heterocycles. The van der Waals surface area contributed by atoms with E-state index in [2.05, 4.69) is 6.07 Å². The molecule has 142 valence electrons. The zero-order chi connectivity index (χ0) is 20.1. The van der Waals surface area contributed by atoms with Gasteiger partial charge in [0, 0.05) is 26.1 Å². The van der Waals surface area contributed by atoms with Gasteiger partial charge in [-0.25, -0.2) is 4.79 Å². The van der Waals surface area contributed by atoms with Crippen molar-refractivity contribution in [2.75, 3.05) is 14.1 Å². The van der Waals surface area contributed by atoms with Crippen LogP contribution in [-0.2, 0) is 14.3 Å². The lowest BCUT2D eigenvalue weighted by molar-refractivity contribution is -0.143. The number of esters is 1. The third-order valence-corrected chi connectivity index (χ3v) is 4.91. The second-order valence-electron chi connectivity index (χ2n) is 7.11. The van der Waals surface area contributed by atoms with Gasteiger partial charge in [0.25, 0.3) is 0 Å². The van der Waals surface area contributed by atoms with Gasteiger partial charge >= 0.3 is 5.97 Å². The molecule has 1 atom stereocenters. The van der Waals surface area contributed by atoms with Crippen LogP contribution in [0.15, 0.2) is 72.3 Å². The minimum absolute atomic E-state index is 0.0651. The Morgan fingerprint density at radius 3 is 2.04 bits per heavy atom. The molecule has 1 aliphatic carbocycles. The van der Waals surface area contributed by atoms with Crippen LogP contribution in [0.4, 0.5) is 0 Å². The van der Waals surface area contributed by atoms with E-state index in [-0.39, 0.29) is 18.7 Å². The van der Waals surface area contributed by atoms with Gasteiger partial charge in [-0.3, -0.25) is 4.79 Å². The number of nitrogens with zero attached hydrogens (tertiary/aromatic N) is 2. The van der Waals surface area contributed by atoms with Gasteiger partial charge in [0.15, 0.2) is 6.10 Å². The van der Waals surface area contributed by atoms with E-state index in [0.717, 1.165) is 11.1 Å². The lowest BCUT2D eigenvalue weighted by atomic mass is 9.84. The van der Waals surface area contributed by atoms with Crippen molar-refractivity contribution in [2.24, 2.45) is 5.41 Å². The summed E-state index contributed by atoms with van der Waals surface area (Å²) in [6, 6.07) is 21.1. The Labute approximate surface area is 164 Å². The number of rotatable bonds is 5. The Morgan fingerprint density at radius 2 is 1.57 bits per heavy atom. The smallest absolute Gasteiger partial charge is 0.334 e. The SMILES string of the molecule is CN(C)C(=O)[C@@]1(C#N)CC=C(C(=O)OC(c2ccccc2)c2ccccc2)C1. The highest BCUT2D eigenvalue weighted by atomic mass is 16.5. The third-order valence-electron chi connectivity index (χ3n) is 4.91. The number of benzene rings is 2. The van der Waals surface area contributed by atoms with Crippen LogP contribution in [0.3, 0.4) is 0 Å². The number of amides is 1. The van der Waals surface area contributed by atoms with Crippen LogP contribution < -0.4 is 0 Å². The fourth-order valence-electron chi connectivity index (χ4n) is 3.41. The highest BCUT2D eigenvalue weighted by Crippen LogP contribution is 2.40. The van der Waals surface area contributed by atoms with Crippen LogP contribution in [0.5, 0.6) is 0 Å². The molecule has 5 heteroatoms. The molecule has 1 aliphatic rings. The Morgan fingerprint density at radius 1 is 1.04 bits per heavy atom. The van der Waals surface area contributed by atoms with Crippen molar-refractivity contribution >= 4 is 11.9 Å². The Bertz CT molecular complexity index is 890. The predicted molar refractivity (Wildman–Crippen MR) is 105 cm³/mol. The van der Waals surface area contributed by atoms with Gasteiger partial charge in [0.05, 0.1) is 6.07 Å². The topological polar surface area (TPSA) is 70.4 Å². The van der Waals surface area contributed by atoms with E-state index in [1.165, 1.54) is 4.90 Å². The van der Waals surface area contributed by atoms with Crippen LogP contribution >= 0.6 is 0 Å². The number of hydrogen-bond acceptors (Lipinski definition) is 4. The average molecular weight is 374 g/mol.